The van der Waals surface area contributed by atoms with Gasteiger partial charge in [0.2, 0.25) is 0 Å². The second kappa shape index (κ2) is 9.67. The standard InChI is InChI=1S/C22H29F2N5/c1-15-4-7-21(26-13-15)29-10-8-18(9-11-29)28-22(25-3)27-14-16(2)19-6-5-17(23)12-20(19)24/h4-7,12-13,16,18H,8-11,14H2,1-3H3,(H2,25,27,28). The van der Waals surface area contributed by atoms with Crippen LogP contribution in [0, 0.1) is 18.6 Å². The van der Waals surface area contributed by atoms with Gasteiger partial charge in [-0.15, -0.1) is 0 Å². The quantitative estimate of drug-likeness (QED) is 0.594. The van der Waals surface area contributed by atoms with Crippen molar-refractivity contribution < 1.29 is 8.78 Å². The summed E-state index contributed by atoms with van der Waals surface area (Å²) < 4.78 is 27.1. The van der Waals surface area contributed by atoms with Gasteiger partial charge in [0.15, 0.2) is 5.96 Å². The molecule has 156 valence electrons. The number of benzene rings is 1. The number of hydrogen-bond donors (Lipinski definition) is 2. The summed E-state index contributed by atoms with van der Waals surface area (Å²) in [4.78, 5) is 11.1. The van der Waals surface area contributed by atoms with Gasteiger partial charge < -0.3 is 15.5 Å². The maximum Gasteiger partial charge on any atom is 0.191 e. The molecule has 2 heterocycles. The predicted octanol–water partition coefficient (Wildman–Crippen LogP) is 3.61. The van der Waals surface area contributed by atoms with Gasteiger partial charge in [-0.05, 0) is 43.0 Å². The molecule has 2 aromatic rings. The summed E-state index contributed by atoms with van der Waals surface area (Å²) in [5, 5.41) is 6.71. The molecule has 0 amide bonds. The van der Waals surface area contributed by atoms with Crippen LogP contribution in [0.4, 0.5) is 14.6 Å². The fourth-order valence-corrected chi connectivity index (χ4v) is 3.55. The van der Waals surface area contributed by atoms with Crippen molar-refractivity contribution in [3.63, 3.8) is 0 Å². The van der Waals surface area contributed by atoms with E-state index in [1.807, 2.05) is 20.0 Å². The number of pyridine rings is 1. The van der Waals surface area contributed by atoms with Crippen molar-refractivity contribution in [3.8, 4) is 0 Å². The van der Waals surface area contributed by atoms with Gasteiger partial charge in [0, 0.05) is 50.9 Å². The summed E-state index contributed by atoms with van der Waals surface area (Å²) in [5.41, 5.74) is 1.66. The Hall–Kier alpha value is -2.70. The normalized spacial score (nSPS) is 16.6. The lowest BCUT2D eigenvalue weighted by atomic mass is 10.0. The largest absolute Gasteiger partial charge is 0.356 e. The Morgan fingerprint density at radius 3 is 2.62 bits per heavy atom. The third-order valence-corrected chi connectivity index (χ3v) is 5.35. The van der Waals surface area contributed by atoms with E-state index in [0.29, 0.717) is 24.1 Å². The van der Waals surface area contributed by atoms with E-state index in [0.717, 1.165) is 43.4 Å². The Morgan fingerprint density at radius 1 is 1.24 bits per heavy atom. The number of aromatic nitrogens is 1. The SMILES string of the molecule is CN=C(NCC(C)c1ccc(F)cc1F)NC1CCN(c2ccc(C)cn2)CC1. The minimum absolute atomic E-state index is 0.108. The predicted molar refractivity (Wildman–Crippen MR) is 113 cm³/mol. The van der Waals surface area contributed by atoms with Gasteiger partial charge in [-0.2, -0.15) is 0 Å². The number of anilines is 1. The van der Waals surface area contributed by atoms with Gasteiger partial charge >= 0.3 is 0 Å². The molecule has 1 atom stereocenters. The molecule has 1 aromatic heterocycles. The molecule has 1 aromatic carbocycles. The van der Waals surface area contributed by atoms with Crippen LogP contribution in [0.5, 0.6) is 0 Å². The van der Waals surface area contributed by atoms with E-state index in [4.69, 9.17) is 0 Å². The third-order valence-electron chi connectivity index (χ3n) is 5.35. The van der Waals surface area contributed by atoms with Crippen LogP contribution >= 0.6 is 0 Å². The van der Waals surface area contributed by atoms with E-state index < -0.39 is 11.6 Å². The topological polar surface area (TPSA) is 52.6 Å². The molecule has 1 unspecified atom stereocenters. The van der Waals surface area contributed by atoms with Crippen LogP contribution < -0.4 is 15.5 Å². The molecule has 29 heavy (non-hydrogen) atoms. The number of piperidine rings is 1. The highest BCUT2D eigenvalue weighted by Crippen LogP contribution is 2.20. The zero-order valence-electron chi connectivity index (χ0n) is 17.3. The van der Waals surface area contributed by atoms with Gasteiger partial charge in [-0.25, -0.2) is 13.8 Å². The van der Waals surface area contributed by atoms with Crippen molar-refractivity contribution in [2.75, 3.05) is 31.6 Å². The van der Waals surface area contributed by atoms with Crippen LogP contribution in [0.2, 0.25) is 0 Å². The first kappa shape index (κ1) is 21.0. The van der Waals surface area contributed by atoms with Crippen LogP contribution in [0.3, 0.4) is 0 Å². The molecule has 0 bridgehead atoms. The maximum atomic E-state index is 14.0. The molecule has 0 saturated carbocycles. The summed E-state index contributed by atoms with van der Waals surface area (Å²) in [6.07, 6.45) is 3.87. The maximum absolute atomic E-state index is 14.0. The number of aliphatic imine (C=N–C) groups is 1. The molecule has 0 aliphatic carbocycles. The lowest BCUT2D eigenvalue weighted by Crippen LogP contribution is -2.49. The van der Waals surface area contributed by atoms with E-state index in [-0.39, 0.29) is 5.92 Å². The lowest BCUT2D eigenvalue weighted by molar-refractivity contribution is 0.458. The van der Waals surface area contributed by atoms with E-state index in [9.17, 15) is 8.78 Å². The highest BCUT2D eigenvalue weighted by atomic mass is 19.1. The molecule has 2 N–H and O–H groups in total. The fourth-order valence-electron chi connectivity index (χ4n) is 3.55. The van der Waals surface area contributed by atoms with Crippen LogP contribution in [0.25, 0.3) is 0 Å². The number of nitrogens with one attached hydrogen (secondary N) is 2. The highest BCUT2D eigenvalue weighted by Gasteiger charge is 2.21. The Morgan fingerprint density at radius 2 is 2.00 bits per heavy atom. The van der Waals surface area contributed by atoms with Crippen molar-refractivity contribution in [2.24, 2.45) is 4.99 Å². The highest BCUT2D eigenvalue weighted by molar-refractivity contribution is 5.80. The van der Waals surface area contributed by atoms with Gasteiger partial charge in [-0.3, -0.25) is 4.99 Å². The average molecular weight is 402 g/mol. The minimum Gasteiger partial charge on any atom is -0.356 e. The Labute approximate surface area is 171 Å². The lowest BCUT2D eigenvalue weighted by Gasteiger charge is -2.34. The second-order valence-corrected chi connectivity index (χ2v) is 7.62. The summed E-state index contributed by atoms with van der Waals surface area (Å²) in [6.45, 7) is 6.32. The van der Waals surface area contributed by atoms with Crippen LogP contribution in [-0.2, 0) is 0 Å². The fraction of sp³-hybridized carbons (Fsp3) is 0.455. The molecular formula is C22H29F2N5. The molecule has 5 nitrogen and oxygen atoms in total. The molecule has 1 aliphatic heterocycles. The molecule has 0 spiro atoms. The summed E-state index contributed by atoms with van der Waals surface area (Å²) >= 11 is 0. The van der Waals surface area contributed by atoms with E-state index in [1.165, 1.54) is 12.1 Å². The first-order valence-corrected chi connectivity index (χ1v) is 10.1. The van der Waals surface area contributed by atoms with E-state index >= 15 is 0 Å². The summed E-state index contributed by atoms with van der Waals surface area (Å²) in [7, 11) is 1.73. The number of hydrogen-bond acceptors (Lipinski definition) is 3. The van der Waals surface area contributed by atoms with Gasteiger partial charge in [0.05, 0.1) is 0 Å². The molecular weight excluding hydrogens is 372 g/mol. The van der Waals surface area contributed by atoms with E-state index in [1.54, 1.807) is 7.05 Å². The van der Waals surface area contributed by atoms with Crippen molar-refractivity contribution in [1.29, 1.82) is 0 Å². The van der Waals surface area contributed by atoms with Gasteiger partial charge in [0.1, 0.15) is 17.5 Å². The molecule has 1 fully saturated rings. The smallest absolute Gasteiger partial charge is 0.191 e. The van der Waals surface area contributed by atoms with Gasteiger partial charge in [0.25, 0.3) is 0 Å². The third kappa shape index (κ3) is 5.65. The van der Waals surface area contributed by atoms with Crippen molar-refractivity contribution in [1.82, 2.24) is 15.6 Å². The average Bonchev–Trinajstić information content (AvgIpc) is 2.72. The Kier molecular flexibility index (Phi) is 7.01. The van der Waals surface area contributed by atoms with E-state index in [2.05, 4.69) is 37.6 Å². The van der Waals surface area contributed by atoms with Crippen molar-refractivity contribution in [3.05, 3.63) is 59.3 Å². The zero-order valence-corrected chi connectivity index (χ0v) is 17.3. The zero-order chi connectivity index (χ0) is 20.8. The molecule has 3 rings (SSSR count). The van der Waals surface area contributed by atoms with Crippen molar-refractivity contribution in [2.45, 2.75) is 38.6 Å². The number of aryl methyl sites for hydroxylation is 1. The first-order valence-electron chi connectivity index (χ1n) is 10.1. The molecule has 0 radical (unpaired) electrons. The molecule has 1 aliphatic rings. The minimum atomic E-state index is -0.559. The van der Waals surface area contributed by atoms with Crippen LogP contribution in [0.15, 0.2) is 41.5 Å². The van der Waals surface area contributed by atoms with Crippen LogP contribution in [0.1, 0.15) is 36.8 Å². The summed E-state index contributed by atoms with van der Waals surface area (Å²) in [6, 6.07) is 8.19. The first-order chi connectivity index (χ1) is 14.0. The van der Waals surface area contributed by atoms with Crippen LogP contribution in [-0.4, -0.2) is 43.7 Å². The molecule has 1 saturated heterocycles. The molecule has 7 heteroatoms. The monoisotopic (exact) mass is 401 g/mol. The van der Waals surface area contributed by atoms with Gasteiger partial charge in [-0.1, -0.05) is 19.1 Å². The number of guanidine groups is 1. The number of halogens is 2. The number of nitrogens with zero attached hydrogens (tertiary/aromatic N) is 3. The van der Waals surface area contributed by atoms with Crippen molar-refractivity contribution >= 4 is 11.8 Å². The number of rotatable bonds is 5. The summed E-state index contributed by atoms with van der Waals surface area (Å²) in [5.74, 6) is 0.539. The second-order valence-electron chi connectivity index (χ2n) is 7.62. The Bertz CT molecular complexity index is 830. The Balaban J connectivity index is 1.47.